The van der Waals surface area contributed by atoms with Gasteiger partial charge in [-0.2, -0.15) is 0 Å². The number of hydrogen-bond acceptors (Lipinski definition) is 1. The highest BCUT2D eigenvalue weighted by atomic mass is 35.5. The highest BCUT2D eigenvalue weighted by molar-refractivity contribution is 6.33. The second kappa shape index (κ2) is 8.39. The Hall–Kier alpha value is -2.39. The lowest BCUT2D eigenvalue weighted by Crippen LogP contribution is -2.49. The molecule has 1 nitrogen and oxygen atoms in total. The Labute approximate surface area is 182 Å². The van der Waals surface area contributed by atoms with Crippen LogP contribution in [0.5, 0.6) is 0 Å². The van der Waals surface area contributed by atoms with E-state index in [1.54, 1.807) is 0 Å². The van der Waals surface area contributed by atoms with Gasteiger partial charge in [0.15, 0.2) is 0 Å². The first-order valence-electron chi connectivity index (χ1n) is 10.4. The molecule has 1 fully saturated rings. The van der Waals surface area contributed by atoms with Crippen LogP contribution in [-0.2, 0) is 18.5 Å². The molecule has 3 aromatic carbocycles. The Morgan fingerprint density at radius 3 is 1.83 bits per heavy atom. The number of benzene rings is 3. The summed E-state index contributed by atoms with van der Waals surface area (Å²) in [5.41, 5.74) is 3.74. The van der Waals surface area contributed by atoms with Crippen LogP contribution in [0, 0.1) is 0 Å². The molecule has 0 bridgehead atoms. The summed E-state index contributed by atoms with van der Waals surface area (Å²) in [7, 11) is 0. The second-order valence-corrected chi connectivity index (χ2v) is 8.74. The van der Waals surface area contributed by atoms with Gasteiger partial charge in [0.25, 0.3) is 0 Å². The normalized spacial score (nSPS) is 16.7. The van der Waals surface area contributed by atoms with Gasteiger partial charge in [-0.15, -0.1) is 0 Å². The molecular formula is C26H26ClF2N. The topological polar surface area (TPSA) is 3.24 Å². The van der Waals surface area contributed by atoms with E-state index in [9.17, 15) is 8.78 Å². The highest BCUT2D eigenvalue weighted by Crippen LogP contribution is 2.56. The Bertz CT molecular complexity index is 939. The first kappa shape index (κ1) is 20.9. The summed E-state index contributed by atoms with van der Waals surface area (Å²) in [5, 5.41) is 0.642. The average molecular weight is 426 g/mol. The SMILES string of the molecule is CCC1(c2ccc(Cl)c(N(Cc3ccccc3)Cc3ccccc3)c2)CC(F)(F)C1. The molecule has 1 aliphatic rings. The molecule has 0 atom stereocenters. The maximum absolute atomic E-state index is 13.8. The third kappa shape index (κ3) is 4.37. The predicted octanol–water partition coefficient (Wildman–Crippen LogP) is 7.62. The van der Waals surface area contributed by atoms with Crippen molar-refractivity contribution in [3.05, 3.63) is 101 Å². The maximum atomic E-state index is 13.8. The first-order valence-corrected chi connectivity index (χ1v) is 10.8. The highest BCUT2D eigenvalue weighted by Gasteiger charge is 2.56. The molecule has 0 amide bonds. The molecular weight excluding hydrogens is 400 g/mol. The fourth-order valence-electron chi connectivity index (χ4n) is 4.52. The Morgan fingerprint density at radius 2 is 1.37 bits per heavy atom. The monoisotopic (exact) mass is 425 g/mol. The molecule has 0 aliphatic heterocycles. The summed E-state index contributed by atoms with van der Waals surface area (Å²) in [6, 6.07) is 26.3. The number of hydrogen-bond donors (Lipinski definition) is 0. The minimum atomic E-state index is -2.57. The molecule has 1 saturated carbocycles. The van der Waals surface area contributed by atoms with Gasteiger partial charge in [0.05, 0.1) is 10.7 Å². The van der Waals surface area contributed by atoms with Crippen molar-refractivity contribution in [3.63, 3.8) is 0 Å². The Balaban J connectivity index is 1.70. The number of alkyl halides is 2. The molecule has 0 heterocycles. The van der Waals surface area contributed by atoms with Crippen LogP contribution in [0.25, 0.3) is 0 Å². The Kier molecular flexibility index (Phi) is 5.84. The van der Waals surface area contributed by atoms with Gasteiger partial charge in [-0.25, -0.2) is 8.78 Å². The van der Waals surface area contributed by atoms with Gasteiger partial charge in [-0.1, -0.05) is 85.3 Å². The molecule has 3 aromatic rings. The van der Waals surface area contributed by atoms with Crippen LogP contribution in [-0.4, -0.2) is 5.92 Å². The van der Waals surface area contributed by atoms with E-state index in [2.05, 4.69) is 29.2 Å². The van der Waals surface area contributed by atoms with E-state index >= 15 is 0 Å². The summed E-state index contributed by atoms with van der Waals surface area (Å²) in [4.78, 5) is 2.23. The number of rotatable bonds is 7. The van der Waals surface area contributed by atoms with Gasteiger partial charge in [0.1, 0.15) is 0 Å². The minimum Gasteiger partial charge on any atom is -0.362 e. The van der Waals surface area contributed by atoms with E-state index in [1.807, 2.05) is 61.5 Å². The lowest BCUT2D eigenvalue weighted by molar-refractivity contribution is -0.128. The summed E-state index contributed by atoms with van der Waals surface area (Å²) < 4.78 is 27.6. The second-order valence-electron chi connectivity index (χ2n) is 8.34. The van der Waals surface area contributed by atoms with Crippen molar-refractivity contribution in [2.45, 2.75) is 50.6 Å². The molecule has 1 aliphatic carbocycles. The number of anilines is 1. The van der Waals surface area contributed by atoms with Crippen LogP contribution in [0.3, 0.4) is 0 Å². The molecule has 4 rings (SSSR count). The lowest BCUT2D eigenvalue weighted by atomic mass is 9.60. The van der Waals surface area contributed by atoms with Gasteiger partial charge in [0, 0.05) is 31.3 Å². The smallest absolute Gasteiger partial charge is 0.249 e. The fourth-order valence-corrected chi connectivity index (χ4v) is 4.75. The standard InChI is InChI=1S/C26H26ClF2N/c1-2-25(18-26(28,29)19-25)22-13-14-23(27)24(15-22)30(16-20-9-5-3-6-10-20)17-21-11-7-4-8-12-21/h3-15H,2,16-19H2,1H3. The van der Waals surface area contributed by atoms with Crippen molar-refractivity contribution < 1.29 is 8.78 Å². The van der Waals surface area contributed by atoms with E-state index in [1.165, 1.54) is 11.1 Å². The van der Waals surface area contributed by atoms with E-state index in [0.717, 1.165) is 11.3 Å². The maximum Gasteiger partial charge on any atom is 0.249 e. The molecule has 156 valence electrons. The van der Waals surface area contributed by atoms with E-state index < -0.39 is 11.3 Å². The molecule has 0 saturated heterocycles. The molecule has 0 unspecified atom stereocenters. The lowest BCUT2D eigenvalue weighted by Gasteiger charge is -2.48. The zero-order chi connectivity index (χ0) is 21.2. The van der Waals surface area contributed by atoms with Crippen LogP contribution in [0.1, 0.15) is 42.9 Å². The van der Waals surface area contributed by atoms with Crippen LogP contribution >= 0.6 is 11.6 Å². The minimum absolute atomic E-state index is 0.0884. The Morgan fingerprint density at radius 1 is 0.833 bits per heavy atom. The van der Waals surface area contributed by atoms with Crippen LogP contribution < -0.4 is 4.90 Å². The van der Waals surface area contributed by atoms with Crippen molar-refractivity contribution in [1.82, 2.24) is 0 Å². The number of halogens is 3. The molecule has 30 heavy (non-hydrogen) atoms. The fraction of sp³-hybridized carbons (Fsp3) is 0.308. The summed E-state index contributed by atoms with van der Waals surface area (Å²) >= 11 is 6.64. The van der Waals surface area contributed by atoms with Crippen molar-refractivity contribution >= 4 is 17.3 Å². The van der Waals surface area contributed by atoms with Crippen molar-refractivity contribution in [2.24, 2.45) is 0 Å². The third-order valence-electron chi connectivity index (χ3n) is 6.20. The molecule has 0 radical (unpaired) electrons. The van der Waals surface area contributed by atoms with Crippen LogP contribution in [0.2, 0.25) is 5.02 Å². The quantitative estimate of drug-likeness (QED) is 0.376. The number of nitrogens with zero attached hydrogens (tertiary/aromatic N) is 1. The summed E-state index contributed by atoms with van der Waals surface area (Å²) in [6.07, 6.45) is 0.519. The summed E-state index contributed by atoms with van der Waals surface area (Å²) in [6.45, 7) is 3.37. The zero-order valence-electron chi connectivity index (χ0n) is 17.1. The van der Waals surface area contributed by atoms with Gasteiger partial charge >= 0.3 is 0 Å². The van der Waals surface area contributed by atoms with E-state index in [4.69, 9.17) is 11.6 Å². The van der Waals surface area contributed by atoms with Gasteiger partial charge in [-0.3, -0.25) is 0 Å². The first-order chi connectivity index (χ1) is 14.4. The molecule has 4 heteroatoms. The van der Waals surface area contributed by atoms with E-state index in [-0.39, 0.29) is 12.8 Å². The summed E-state index contributed by atoms with van der Waals surface area (Å²) in [5.74, 6) is -2.57. The molecule has 0 N–H and O–H groups in total. The largest absolute Gasteiger partial charge is 0.362 e. The zero-order valence-corrected chi connectivity index (χ0v) is 17.9. The van der Waals surface area contributed by atoms with Crippen molar-refractivity contribution in [2.75, 3.05) is 4.90 Å². The molecule has 0 aromatic heterocycles. The average Bonchev–Trinajstić information content (AvgIpc) is 2.73. The predicted molar refractivity (Wildman–Crippen MR) is 120 cm³/mol. The van der Waals surface area contributed by atoms with Crippen molar-refractivity contribution in [1.29, 1.82) is 0 Å². The molecule has 0 spiro atoms. The van der Waals surface area contributed by atoms with Crippen LogP contribution in [0.4, 0.5) is 14.5 Å². The van der Waals surface area contributed by atoms with Gasteiger partial charge in [0.2, 0.25) is 5.92 Å². The van der Waals surface area contributed by atoms with E-state index in [0.29, 0.717) is 24.5 Å². The third-order valence-corrected chi connectivity index (χ3v) is 6.52. The van der Waals surface area contributed by atoms with Gasteiger partial charge in [-0.05, 0) is 35.2 Å². The van der Waals surface area contributed by atoms with Crippen molar-refractivity contribution in [3.8, 4) is 0 Å². The van der Waals surface area contributed by atoms with Crippen LogP contribution in [0.15, 0.2) is 78.9 Å². The van der Waals surface area contributed by atoms with Gasteiger partial charge < -0.3 is 4.90 Å².